The number of hydrogen-bond donors (Lipinski definition) is 0. The van der Waals surface area contributed by atoms with Gasteiger partial charge in [0.15, 0.2) is 0 Å². The smallest absolute Gasteiger partial charge is 0.118 e. The molecule has 0 amide bonds. The molecule has 146 valence electrons. The molecule has 1 heteroatoms. The van der Waals surface area contributed by atoms with Gasteiger partial charge in [0.1, 0.15) is 5.76 Å². The summed E-state index contributed by atoms with van der Waals surface area (Å²) >= 11 is 0. The van der Waals surface area contributed by atoms with Gasteiger partial charge in [0.25, 0.3) is 0 Å². The minimum atomic E-state index is 0.394. The third-order valence-corrected chi connectivity index (χ3v) is 5.42. The van der Waals surface area contributed by atoms with E-state index in [1.165, 1.54) is 47.1 Å². The van der Waals surface area contributed by atoms with E-state index in [9.17, 15) is 0 Å². The summed E-state index contributed by atoms with van der Waals surface area (Å²) in [6, 6.07) is 0. The molecule has 0 aromatic rings. The molecule has 2 rings (SSSR count). The molecule has 0 aliphatic heterocycles. The van der Waals surface area contributed by atoms with E-state index in [-0.39, 0.29) is 0 Å². The van der Waals surface area contributed by atoms with E-state index in [4.69, 9.17) is 4.74 Å². The maximum Gasteiger partial charge on any atom is 0.118 e. The molecule has 1 atom stereocenters. The van der Waals surface area contributed by atoms with Gasteiger partial charge in [-0.2, -0.15) is 0 Å². The lowest BCUT2D eigenvalue weighted by Gasteiger charge is -2.20. The Morgan fingerprint density at radius 2 is 2.04 bits per heavy atom. The first-order valence-electron chi connectivity index (χ1n) is 10.4. The maximum absolute atomic E-state index is 5.82. The molecule has 0 saturated heterocycles. The van der Waals surface area contributed by atoms with Gasteiger partial charge in [-0.1, -0.05) is 68.4 Å². The molecular formula is C26H36O. The average Bonchev–Trinajstić information content (AvgIpc) is 2.83. The third kappa shape index (κ3) is 6.57. The van der Waals surface area contributed by atoms with Crippen LogP contribution in [0.15, 0.2) is 82.7 Å². The summed E-state index contributed by atoms with van der Waals surface area (Å²) in [5, 5.41) is 0. The summed E-state index contributed by atoms with van der Waals surface area (Å²) < 4.78 is 5.82. The van der Waals surface area contributed by atoms with Gasteiger partial charge in [0.2, 0.25) is 0 Å². The van der Waals surface area contributed by atoms with E-state index in [0.29, 0.717) is 5.92 Å². The molecule has 2 aliphatic carbocycles. The van der Waals surface area contributed by atoms with Crippen LogP contribution in [0.5, 0.6) is 0 Å². The van der Waals surface area contributed by atoms with Crippen LogP contribution in [0.3, 0.4) is 0 Å². The molecule has 0 radical (unpaired) electrons. The molecule has 0 spiro atoms. The molecule has 0 bridgehead atoms. The van der Waals surface area contributed by atoms with Gasteiger partial charge < -0.3 is 4.74 Å². The SMILES string of the molecule is C=C(CC1C=CC=CC(C)=C1)C1=C/C(OC)=C(/CCCCC)CC/C=C\1C. The van der Waals surface area contributed by atoms with Crippen LogP contribution in [0.1, 0.15) is 65.7 Å². The Bertz CT molecular complexity index is 706. The lowest BCUT2D eigenvalue weighted by Crippen LogP contribution is -2.03. The molecule has 0 saturated carbocycles. The van der Waals surface area contributed by atoms with Crippen molar-refractivity contribution >= 4 is 0 Å². The molecule has 0 heterocycles. The molecule has 1 nitrogen and oxygen atoms in total. The Morgan fingerprint density at radius 1 is 1.22 bits per heavy atom. The Balaban J connectivity index is 2.24. The zero-order chi connectivity index (χ0) is 19.6. The summed E-state index contributed by atoms with van der Waals surface area (Å²) in [6.45, 7) is 11.1. The van der Waals surface area contributed by atoms with Crippen LogP contribution in [0, 0.1) is 5.92 Å². The number of hydrogen-bond acceptors (Lipinski definition) is 1. The van der Waals surface area contributed by atoms with Crippen LogP contribution in [0.2, 0.25) is 0 Å². The Hall–Kier alpha value is -2.02. The molecular weight excluding hydrogens is 328 g/mol. The predicted octanol–water partition coefficient (Wildman–Crippen LogP) is 7.77. The molecule has 1 unspecified atom stereocenters. The summed E-state index contributed by atoms with van der Waals surface area (Å²) in [6.07, 6.45) is 23.7. The average molecular weight is 365 g/mol. The fourth-order valence-electron chi connectivity index (χ4n) is 3.85. The van der Waals surface area contributed by atoms with Gasteiger partial charge in [0, 0.05) is 0 Å². The lowest BCUT2D eigenvalue weighted by atomic mass is 9.87. The van der Waals surface area contributed by atoms with Crippen LogP contribution in [0.4, 0.5) is 0 Å². The zero-order valence-electron chi connectivity index (χ0n) is 17.7. The quantitative estimate of drug-likeness (QED) is 0.400. The van der Waals surface area contributed by atoms with E-state index in [1.807, 2.05) is 0 Å². The maximum atomic E-state index is 5.82. The van der Waals surface area contributed by atoms with E-state index >= 15 is 0 Å². The standard InChI is InChI=1S/C26H36O/c1-6-7-8-15-24-16-11-13-21(3)25(19-26(24)27-5)22(4)18-23-14-10-9-12-20(2)17-23/h9-10,12-14,17,19,23H,4,6-8,11,15-16,18H2,1-3,5H3/b21-13-,25-19+,26-24+. The first-order chi connectivity index (χ1) is 13.0. The van der Waals surface area contributed by atoms with E-state index in [2.05, 4.69) is 69.9 Å². The van der Waals surface area contributed by atoms with Crippen molar-refractivity contribution in [1.29, 1.82) is 0 Å². The second kappa shape index (κ2) is 11.0. The van der Waals surface area contributed by atoms with Crippen molar-refractivity contribution in [2.45, 2.75) is 65.7 Å². The van der Waals surface area contributed by atoms with Crippen LogP contribution in [-0.2, 0) is 4.74 Å². The van der Waals surface area contributed by atoms with Crippen molar-refractivity contribution in [2.24, 2.45) is 5.92 Å². The molecule has 27 heavy (non-hydrogen) atoms. The number of ether oxygens (including phenoxy) is 1. The highest BCUT2D eigenvalue weighted by atomic mass is 16.5. The molecule has 0 aromatic carbocycles. The molecule has 2 aliphatic rings. The van der Waals surface area contributed by atoms with E-state index < -0.39 is 0 Å². The molecule has 0 N–H and O–H groups in total. The fraction of sp³-hybridized carbons (Fsp3) is 0.462. The summed E-state index contributed by atoms with van der Waals surface area (Å²) in [7, 11) is 1.80. The van der Waals surface area contributed by atoms with Crippen molar-refractivity contribution in [3.8, 4) is 0 Å². The molecule has 0 fully saturated rings. The van der Waals surface area contributed by atoms with Crippen molar-refractivity contribution in [2.75, 3.05) is 7.11 Å². The highest BCUT2D eigenvalue weighted by Crippen LogP contribution is 2.32. The minimum absolute atomic E-state index is 0.394. The van der Waals surface area contributed by atoms with Crippen LogP contribution < -0.4 is 0 Å². The van der Waals surface area contributed by atoms with Gasteiger partial charge in [0.05, 0.1) is 7.11 Å². The van der Waals surface area contributed by atoms with Gasteiger partial charge in [-0.15, -0.1) is 0 Å². The second-order valence-corrected chi connectivity index (χ2v) is 7.74. The number of methoxy groups -OCH3 is 1. The van der Waals surface area contributed by atoms with Crippen LogP contribution in [-0.4, -0.2) is 7.11 Å². The van der Waals surface area contributed by atoms with Crippen molar-refractivity contribution < 1.29 is 4.74 Å². The number of unbranched alkanes of at least 4 members (excludes halogenated alkanes) is 2. The first kappa shape index (κ1) is 21.3. The molecule has 0 aromatic heterocycles. The normalized spacial score (nSPS) is 26.8. The first-order valence-corrected chi connectivity index (χ1v) is 10.4. The fourth-order valence-corrected chi connectivity index (χ4v) is 3.85. The Kier molecular flexibility index (Phi) is 8.64. The van der Waals surface area contributed by atoms with E-state index in [0.717, 1.165) is 31.4 Å². The third-order valence-electron chi connectivity index (χ3n) is 5.42. The number of rotatable bonds is 8. The minimum Gasteiger partial charge on any atom is -0.497 e. The van der Waals surface area contributed by atoms with Gasteiger partial charge >= 0.3 is 0 Å². The monoisotopic (exact) mass is 364 g/mol. The Labute approximate surface area is 166 Å². The highest BCUT2D eigenvalue weighted by molar-refractivity contribution is 5.49. The lowest BCUT2D eigenvalue weighted by molar-refractivity contribution is 0.298. The van der Waals surface area contributed by atoms with Crippen LogP contribution >= 0.6 is 0 Å². The number of allylic oxidation sites excluding steroid dienone is 12. The van der Waals surface area contributed by atoms with Crippen molar-refractivity contribution in [1.82, 2.24) is 0 Å². The summed E-state index contributed by atoms with van der Waals surface area (Å²) in [5.74, 6) is 1.45. The van der Waals surface area contributed by atoms with Crippen molar-refractivity contribution in [3.63, 3.8) is 0 Å². The van der Waals surface area contributed by atoms with Gasteiger partial charge in [-0.25, -0.2) is 0 Å². The topological polar surface area (TPSA) is 9.23 Å². The predicted molar refractivity (Wildman–Crippen MR) is 119 cm³/mol. The van der Waals surface area contributed by atoms with Crippen LogP contribution in [0.25, 0.3) is 0 Å². The highest BCUT2D eigenvalue weighted by Gasteiger charge is 2.15. The second-order valence-electron chi connectivity index (χ2n) is 7.74. The van der Waals surface area contributed by atoms with Gasteiger partial charge in [-0.05, 0) is 80.2 Å². The van der Waals surface area contributed by atoms with E-state index in [1.54, 1.807) is 7.11 Å². The van der Waals surface area contributed by atoms with Crippen molar-refractivity contribution in [3.05, 3.63) is 82.7 Å². The largest absolute Gasteiger partial charge is 0.497 e. The van der Waals surface area contributed by atoms with Gasteiger partial charge in [-0.3, -0.25) is 0 Å². The Morgan fingerprint density at radius 3 is 2.78 bits per heavy atom. The summed E-state index contributed by atoms with van der Waals surface area (Å²) in [5.41, 5.74) is 6.52. The summed E-state index contributed by atoms with van der Waals surface area (Å²) in [4.78, 5) is 0. The zero-order valence-corrected chi connectivity index (χ0v) is 17.7.